The predicted octanol–water partition coefficient (Wildman–Crippen LogP) is 0.386. The number of methoxy groups -OCH3 is 3. The zero-order valence-corrected chi connectivity index (χ0v) is 11.6. The van der Waals surface area contributed by atoms with Gasteiger partial charge in [-0.1, -0.05) is 0 Å². The molecule has 0 unspecified atom stereocenters. The number of carbonyl (C=O) groups excluding carboxylic acids is 3. The van der Waals surface area contributed by atoms with Crippen molar-refractivity contribution >= 4 is 17.9 Å². The number of phenols is 2. The number of hydrogen-bond acceptors (Lipinski definition) is 8. The van der Waals surface area contributed by atoms with Crippen LogP contribution in [0.25, 0.3) is 0 Å². The molecule has 0 radical (unpaired) electrons. The van der Waals surface area contributed by atoms with E-state index in [0.29, 0.717) is 0 Å². The average Bonchev–Trinajstić information content (AvgIpc) is 2.45. The topological polar surface area (TPSA) is 119 Å². The van der Waals surface area contributed by atoms with Crippen LogP contribution in [0.4, 0.5) is 0 Å². The molecule has 0 saturated carbocycles. The van der Waals surface area contributed by atoms with Gasteiger partial charge in [0.2, 0.25) is 0 Å². The predicted molar refractivity (Wildman–Crippen MR) is 68.2 cm³/mol. The Hall–Kier alpha value is -2.77. The molecule has 0 fully saturated rings. The fraction of sp³-hybridized carbons (Fsp3) is 0.308. The zero-order valence-electron chi connectivity index (χ0n) is 11.6. The maximum absolute atomic E-state index is 11.7. The summed E-state index contributed by atoms with van der Waals surface area (Å²) in [4.78, 5) is 34.6. The van der Waals surface area contributed by atoms with E-state index in [2.05, 4.69) is 14.2 Å². The van der Waals surface area contributed by atoms with E-state index < -0.39 is 47.0 Å². The second-order valence-corrected chi connectivity index (χ2v) is 3.89. The summed E-state index contributed by atoms with van der Waals surface area (Å²) in [6, 6.07) is 0.995. The van der Waals surface area contributed by atoms with E-state index in [9.17, 15) is 24.6 Å². The van der Waals surface area contributed by atoms with Crippen molar-refractivity contribution < 1.29 is 38.8 Å². The van der Waals surface area contributed by atoms with Gasteiger partial charge in [-0.05, 0) is 11.6 Å². The Morgan fingerprint density at radius 1 is 0.952 bits per heavy atom. The van der Waals surface area contributed by atoms with Crippen molar-refractivity contribution in [1.29, 1.82) is 0 Å². The van der Waals surface area contributed by atoms with Gasteiger partial charge in [0.25, 0.3) is 0 Å². The van der Waals surface area contributed by atoms with Gasteiger partial charge in [0.1, 0.15) is 22.6 Å². The second kappa shape index (κ2) is 6.60. The summed E-state index contributed by atoms with van der Waals surface area (Å²) >= 11 is 0. The molecular weight excluding hydrogens is 284 g/mol. The molecule has 0 aliphatic heterocycles. The van der Waals surface area contributed by atoms with Gasteiger partial charge in [0, 0.05) is 0 Å². The van der Waals surface area contributed by atoms with Crippen molar-refractivity contribution in [3.63, 3.8) is 0 Å². The Kier molecular flexibility index (Phi) is 5.12. The molecule has 0 saturated heterocycles. The van der Waals surface area contributed by atoms with Crippen LogP contribution in [0, 0.1) is 0 Å². The minimum atomic E-state index is -1.04. The van der Waals surface area contributed by atoms with Crippen LogP contribution in [0.3, 0.4) is 0 Å². The van der Waals surface area contributed by atoms with Crippen molar-refractivity contribution in [2.45, 2.75) is 6.42 Å². The van der Waals surface area contributed by atoms with Crippen molar-refractivity contribution in [2.75, 3.05) is 21.3 Å². The van der Waals surface area contributed by atoms with Gasteiger partial charge in [-0.25, -0.2) is 9.59 Å². The fourth-order valence-corrected chi connectivity index (χ4v) is 1.71. The standard InChI is InChI=1S/C13H14O8/c1-19-8(15)5-6-4-7(14)10(13(18)21-3)11(16)9(6)12(17)20-2/h4,14,16H,5H2,1-3H3. The van der Waals surface area contributed by atoms with Crippen LogP contribution in [0.5, 0.6) is 11.5 Å². The first-order valence-electron chi connectivity index (χ1n) is 5.68. The third-order valence-corrected chi connectivity index (χ3v) is 2.70. The molecule has 0 aliphatic carbocycles. The number of ether oxygens (including phenoxy) is 3. The van der Waals surface area contributed by atoms with Gasteiger partial charge in [-0.2, -0.15) is 0 Å². The van der Waals surface area contributed by atoms with E-state index in [0.717, 1.165) is 27.4 Å². The molecule has 0 heterocycles. The minimum Gasteiger partial charge on any atom is -0.507 e. The molecule has 1 aromatic carbocycles. The molecule has 0 spiro atoms. The maximum atomic E-state index is 11.7. The van der Waals surface area contributed by atoms with E-state index >= 15 is 0 Å². The highest BCUT2D eigenvalue weighted by atomic mass is 16.5. The van der Waals surface area contributed by atoms with Gasteiger partial charge in [0.05, 0.1) is 27.8 Å². The SMILES string of the molecule is COC(=O)Cc1cc(O)c(C(=O)OC)c(O)c1C(=O)OC. The number of carbonyl (C=O) groups is 3. The van der Waals surface area contributed by atoms with E-state index in [-0.39, 0.29) is 5.56 Å². The van der Waals surface area contributed by atoms with Crippen LogP contribution in [0.1, 0.15) is 26.3 Å². The quantitative estimate of drug-likeness (QED) is 0.605. The number of phenolic OH excluding ortho intramolecular Hbond substituents is 2. The van der Waals surface area contributed by atoms with Gasteiger partial charge >= 0.3 is 17.9 Å². The van der Waals surface area contributed by atoms with Crippen LogP contribution in [-0.2, 0) is 25.4 Å². The lowest BCUT2D eigenvalue weighted by Gasteiger charge is -2.13. The first-order valence-corrected chi connectivity index (χ1v) is 5.68. The molecule has 8 heteroatoms. The van der Waals surface area contributed by atoms with Crippen molar-refractivity contribution in [2.24, 2.45) is 0 Å². The summed E-state index contributed by atoms with van der Waals surface area (Å²) in [5.41, 5.74) is -1.05. The largest absolute Gasteiger partial charge is 0.507 e. The third kappa shape index (κ3) is 3.22. The molecule has 114 valence electrons. The van der Waals surface area contributed by atoms with E-state index in [1.807, 2.05) is 0 Å². The van der Waals surface area contributed by atoms with Gasteiger partial charge < -0.3 is 24.4 Å². The molecule has 2 N–H and O–H groups in total. The molecule has 1 aromatic rings. The van der Waals surface area contributed by atoms with Gasteiger partial charge in [-0.15, -0.1) is 0 Å². The normalized spacial score (nSPS) is 9.86. The number of benzene rings is 1. The molecule has 21 heavy (non-hydrogen) atoms. The van der Waals surface area contributed by atoms with E-state index in [4.69, 9.17) is 0 Å². The first kappa shape index (κ1) is 16.3. The highest BCUT2D eigenvalue weighted by molar-refractivity contribution is 6.03. The lowest BCUT2D eigenvalue weighted by Crippen LogP contribution is -2.14. The van der Waals surface area contributed by atoms with Crippen LogP contribution in [0.2, 0.25) is 0 Å². The van der Waals surface area contributed by atoms with Crippen molar-refractivity contribution in [1.82, 2.24) is 0 Å². The molecule has 8 nitrogen and oxygen atoms in total. The lowest BCUT2D eigenvalue weighted by molar-refractivity contribution is -0.139. The zero-order chi connectivity index (χ0) is 16.2. The third-order valence-electron chi connectivity index (χ3n) is 2.70. The van der Waals surface area contributed by atoms with Crippen LogP contribution in [0.15, 0.2) is 6.07 Å². The molecule has 1 rings (SSSR count). The van der Waals surface area contributed by atoms with Crippen molar-refractivity contribution in [3.05, 3.63) is 22.8 Å². The van der Waals surface area contributed by atoms with Crippen LogP contribution in [-0.4, -0.2) is 49.5 Å². The Balaban J connectivity index is 3.55. The maximum Gasteiger partial charge on any atom is 0.345 e. The Labute approximate surface area is 119 Å². The smallest absolute Gasteiger partial charge is 0.345 e. The van der Waals surface area contributed by atoms with Gasteiger partial charge in [0.15, 0.2) is 0 Å². The highest BCUT2D eigenvalue weighted by Gasteiger charge is 2.28. The Bertz CT molecular complexity index is 590. The summed E-state index contributed by atoms with van der Waals surface area (Å²) in [6.45, 7) is 0. The van der Waals surface area contributed by atoms with E-state index in [1.165, 1.54) is 0 Å². The highest BCUT2D eigenvalue weighted by Crippen LogP contribution is 2.35. The summed E-state index contributed by atoms with van der Waals surface area (Å²) in [6.07, 6.45) is -0.399. The summed E-state index contributed by atoms with van der Waals surface area (Å²) < 4.78 is 13.4. The molecule has 0 bridgehead atoms. The lowest BCUT2D eigenvalue weighted by atomic mass is 9.98. The average molecular weight is 298 g/mol. The number of rotatable bonds is 4. The molecule has 0 atom stereocenters. The van der Waals surface area contributed by atoms with Crippen LogP contribution < -0.4 is 0 Å². The molecule has 0 amide bonds. The Morgan fingerprint density at radius 3 is 1.95 bits per heavy atom. The second-order valence-electron chi connectivity index (χ2n) is 3.89. The number of aromatic hydroxyl groups is 2. The summed E-state index contributed by atoms with van der Waals surface area (Å²) in [5, 5.41) is 19.8. The molecule has 0 aliphatic rings. The number of esters is 3. The summed E-state index contributed by atoms with van der Waals surface area (Å²) in [7, 11) is 3.25. The monoisotopic (exact) mass is 298 g/mol. The van der Waals surface area contributed by atoms with Crippen molar-refractivity contribution in [3.8, 4) is 11.5 Å². The Morgan fingerprint density at radius 2 is 1.48 bits per heavy atom. The summed E-state index contributed by atoms with van der Waals surface area (Å²) in [5.74, 6) is -4.18. The minimum absolute atomic E-state index is 0.0450. The fourth-order valence-electron chi connectivity index (χ4n) is 1.71. The number of hydrogen-bond donors (Lipinski definition) is 2. The van der Waals surface area contributed by atoms with Crippen LogP contribution >= 0.6 is 0 Å². The van der Waals surface area contributed by atoms with E-state index in [1.54, 1.807) is 0 Å². The van der Waals surface area contributed by atoms with Gasteiger partial charge in [-0.3, -0.25) is 4.79 Å². The first-order chi connectivity index (χ1) is 9.87. The molecular formula is C13H14O8. The molecule has 0 aromatic heterocycles.